The van der Waals surface area contributed by atoms with Crippen LogP contribution >= 0.6 is 0 Å². The highest BCUT2D eigenvalue weighted by atomic mass is 15.1. The molecule has 0 saturated heterocycles. The van der Waals surface area contributed by atoms with Crippen molar-refractivity contribution in [2.45, 2.75) is 38.5 Å². The van der Waals surface area contributed by atoms with Gasteiger partial charge >= 0.3 is 0 Å². The number of nitrogens with zero attached hydrogens (tertiary/aromatic N) is 1. The zero-order chi connectivity index (χ0) is 37.1. The van der Waals surface area contributed by atoms with Gasteiger partial charge in [0.15, 0.2) is 0 Å². The molecule has 0 saturated carbocycles. The van der Waals surface area contributed by atoms with Crippen molar-refractivity contribution in [3.8, 4) is 33.4 Å². The van der Waals surface area contributed by atoms with Crippen molar-refractivity contribution in [3.63, 3.8) is 0 Å². The first-order valence-corrected chi connectivity index (χ1v) is 19.5. The van der Waals surface area contributed by atoms with E-state index < -0.39 is 0 Å². The molecule has 0 aromatic heterocycles. The third-order valence-electron chi connectivity index (χ3n) is 12.9. The molecule has 2 aliphatic carbocycles. The molecule has 0 N–H and O–H groups in total. The maximum atomic E-state index is 2.45. The van der Waals surface area contributed by atoms with E-state index in [1.807, 2.05) is 0 Å². The topological polar surface area (TPSA) is 3.24 Å². The van der Waals surface area contributed by atoms with E-state index in [0.717, 1.165) is 17.1 Å². The summed E-state index contributed by atoms with van der Waals surface area (Å²) in [6.07, 6.45) is 0. The van der Waals surface area contributed by atoms with E-state index >= 15 is 0 Å². The molecule has 11 rings (SSSR count). The Kier molecular flexibility index (Phi) is 6.72. The fraction of sp³-hybridized carbons (Fsp3) is 0.111. The summed E-state index contributed by atoms with van der Waals surface area (Å²) in [6.45, 7) is 9.41. The van der Waals surface area contributed by atoms with E-state index in [9.17, 15) is 0 Å². The first-order valence-electron chi connectivity index (χ1n) is 19.5. The van der Waals surface area contributed by atoms with Gasteiger partial charge in [-0.25, -0.2) is 0 Å². The van der Waals surface area contributed by atoms with Crippen LogP contribution in [0.1, 0.15) is 49.9 Å². The van der Waals surface area contributed by atoms with Crippen LogP contribution in [0, 0.1) is 0 Å². The minimum atomic E-state index is -0.0436. The molecule has 0 heterocycles. The lowest BCUT2D eigenvalue weighted by atomic mass is 9.82. The van der Waals surface area contributed by atoms with Gasteiger partial charge in [-0.05, 0) is 130 Å². The lowest BCUT2D eigenvalue weighted by Crippen LogP contribution is -2.16. The molecule has 9 aromatic carbocycles. The molecule has 1 heteroatoms. The summed E-state index contributed by atoms with van der Waals surface area (Å²) in [5, 5.41) is 7.72. The van der Waals surface area contributed by atoms with Crippen molar-refractivity contribution in [2.75, 3.05) is 4.90 Å². The summed E-state index contributed by atoms with van der Waals surface area (Å²) in [7, 11) is 0. The van der Waals surface area contributed by atoms with Crippen molar-refractivity contribution in [1.29, 1.82) is 0 Å². The van der Waals surface area contributed by atoms with Crippen LogP contribution in [-0.2, 0) is 10.8 Å². The Morgan fingerprint density at radius 2 is 0.764 bits per heavy atom. The first-order chi connectivity index (χ1) is 26.8. The molecule has 0 atom stereocenters. The Hall–Kier alpha value is -6.44. The highest BCUT2D eigenvalue weighted by Gasteiger charge is 2.37. The zero-order valence-electron chi connectivity index (χ0n) is 31.7. The van der Waals surface area contributed by atoms with E-state index in [2.05, 4.69) is 209 Å². The fourth-order valence-electron chi connectivity index (χ4n) is 9.94. The molecule has 2 aliphatic rings. The second-order valence-electron chi connectivity index (χ2n) is 16.6. The summed E-state index contributed by atoms with van der Waals surface area (Å²) in [5.41, 5.74) is 16.7. The monoisotopic (exact) mass is 703 g/mol. The van der Waals surface area contributed by atoms with Gasteiger partial charge < -0.3 is 4.90 Å². The third kappa shape index (κ3) is 4.66. The Balaban J connectivity index is 1.06. The van der Waals surface area contributed by atoms with Crippen LogP contribution in [-0.4, -0.2) is 0 Å². The summed E-state index contributed by atoms with van der Waals surface area (Å²) in [4.78, 5) is 2.45. The second-order valence-corrected chi connectivity index (χ2v) is 16.6. The summed E-state index contributed by atoms with van der Waals surface area (Å²) < 4.78 is 0. The average molecular weight is 704 g/mol. The van der Waals surface area contributed by atoms with Gasteiger partial charge in [0.05, 0.1) is 0 Å². The van der Waals surface area contributed by atoms with Gasteiger partial charge in [0.1, 0.15) is 0 Å². The number of hydrogen-bond donors (Lipinski definition) is 0. The average Bonchev–Trinajstić information content (AvgIpc) is 3.60. The van der Waals surface area contributed by atoms with Crippen molar-refractivity contribution < 1.29 is 0 Å². The molecule has 262 valence electrons. The van der Waals surface area contributed by atoms with Gasteiger partial charge in [-0.1, -0.05) is 161 Å². The summed E-state index contributed by atoms with van der Waals surface area (Å²) in [5.74, 6) is 0. The molecule has 0 aliphatic heterocycles. The predicted molar refractivity (Wildman–Crippen MR) is 234 cm³/mol. The largest absolute Gasteiger partial charge is 0.310 e. The van der Waals surface area contributed by atoms with Gasteiger partial charge in [0.25, 0.3) is 0 Å². The van der Waals surface area contributed by atoms with Crippen molar-refractivity contribution in [3.05, 3.63) is 198 Å². The van der Waals surface area contributed by atoms with E-state index in [1.165, 1.54) is 88.0 Å². The normalized spacial score (nSPS) is 14.5. The first kappa shape index (κ1) is 32.0. The Morgan fingerprint density at radius 3 is 1.38 bits per heavy atom. The minimum absolute atomic E-state index is 0.0436. The predicted octanol–water partition coefficient (Wildman–Crippen LogP) is 14.9. The molecule has 0 bridgehead atoms. The standard InChI is InChI=1S/C54H41N/c1-53(2)49-15-9-7-13-44(49)47-32-39(25-29-51(47)53)55(40-26-30-52-48(33-40)45-14-8-10-16-50(45)54(52,3)4)38-23-19-34(20-24-38)37-18-17-36-22-27-42-41-12-6-5-11-35(41)21-28-43(42)46(36)31-37/h5-33H,1-4H3. The highest BCUT2D eigenvalue weighted by molar-refractivity contribution is 6.17. The zero-order valence-corrected chi connectivity index (χ0v) is 31.7. The van der Waals surface area contributed by atoms with Crippen molar-refractivity contribution in [2.24, 2.45) is 0 Å². The van der Waals surface area contributed by atoms with E-state index in [0.29, 0.717) is 0 Å². The van der Waals surface area contributed by atoms with Crippen LogP contribution in [0.4, 0.5) is 17.1 Å². The number of anilines is 3. The Morgan fingerprint density at radius 1 is 0.309 bits per heavy atom. The fourth-order valence-corrected chi connectivity index (χ4v) is 9.94. The van der Waals surface area contributed by atoms with Crippen LogP contribution in [0.2, 0.25) is 0 Å². The molecule has 0 amide bonds. The number of rotatable bonds is 4. The number of fused-ring (bicyclic) bond motifs is 11. The highest BCUT2D eigenvalue weighted by Crippen LogP contribution is 2.53. The lowest BCUT2D eigenvalue weighted by Gasteiger charge is -2.28. The van der Waals surface area contributed by atoms with Crippen LogP contribution in [0.5, 0.6) is 0 Å². The van der Waals surface area contributed by atoms with E-state index in [-0.39, 0.29) is 10.8 Å². The molecule has 55 heavy (non-hydrogen) atoms. The smallest absolute Gasteiger partial charge is 0.0468 e. The Bertz CT molecular complexity index is 2930. The molecule has 0 spiro atoms. The van der Waals surface area contributed by atoms with Gasteiger partial charge in [-0.2, -0.15) is 0 Å². The molecular formula is C54H41N. The van der Waals surface area contributed by atoms with Crippen molar-refractivity contribution >= 4 is 49.4 Å². The Labute approximate surface area is 323 Å². The van der Waals surface area contributed by atoms with E-state index in [1.54, 1.807) is 0 Å². The SMILES string of the molecule is CC1(C)c2ccccc2-c2cc(N(c3ccc(-c4ccc5ccc6c7ccccc7ccc6c5c4)cc3)c3ccc4c(c3)-c3ccccc3C4(C)C)ccc21. The van der Waals surface area contributed by atoms with Crippen LogP contribution in [0.3, 0.4) is 0 Å². The molecule has 0 radical (unpaired) electrons. The minimum Gasteiger partial charge on any atom is -0.310 e. The molecule has 0 fully saturated rings. The second kappa shape index (κ2) is 11.5. The quantitative estimate of drug-likeness (QED) is 0.165. The third-order valence-corrected chi connectivity index (χ3v) is 12.9. The van der Waals surface area contributed by atoms with Gasteiger partial charge in [-0.15, -0.1) is 0 Å². The summed E-state index contributed by atoms with van der Waals surface area (Å²) in [6, 6.07) is 65.9. The maximum Gasteiger partial charge on any atom is 0.0468 e. The van der Waals surface area contributed by atoms with E-state index in [4.69, 9.17) is 0 Å². The van der Waals surface area contributed by atoms with Crippen LogP contribution in [0.15, 0.2) is 176 Å². The molecule has 1 nitrogen and oxygen atoms in total. The molecule has 9 aromatic rings. The van der Waals surface area contributed by atoms with Gasteiger partial charge in [-0.3, -0.25) is 0 Å². The van der Waals surface area contributed by atoms with Gasteiger partial charge in [0, 0.05) is 27.9 Å². The van der Waals surface area contributed by atoms with Crippen LogP contribution in [0.25, 0.3) is 65.7 Å². The molecular weight excluding hydrogens is 663 g/mol. The van der Waals surface area contributed by atoms with Crippen molar-refractivity contribution in [1.82, 2.24) is 0 Å². The lowest BCUT2D eigenvalue weighted by molar-refractivity contribution is 0.660. The summed E-state index contributed by atoms with van der Waals surface area (Å²) >= 11 is 0. The van der Waals surface area contributed by atoms with Gasteiger partial charge in [0.2, 0.25) is 0 Å². The van der Waals surface area contributed by atoms with Crippen LogP contribution < -0.4 is 4.90 Å². The maximum absolute atomic E-state index is 2.45. The number of benzene rings is 9. The molecule has 0 unspecified atom stereocenters. The number of hydrogen-bond acceptors (Lipinski definition) is 1.